The quantitative estimate of drug-likeness (QED) is 0.227. The van der Waals surface area contributed by atoms with E-state index < -0.39 is 28.7 Å². The van der Waals surface area contributed by atoms with Gasteiger partial charge < -0.3 is 19.8 Å². The van der Waals surface area contributed by atoms with E-state index in [9.17, 15) is 14.7 Å². The van der Waals surface area contributed by atoms with Crippen LogP contribution in [0, 0.1) is 17.8 Å². The Morgan fingerprint density at radius 1 is 1.02 bits per heavy atom. The molecular formula is C39H45N3O4S. The number of aliphatic hydroxyl groups is 1. The van der Waals surface area contributed by atoms with Gasteiger partial charge >= 0.3 is 0 Å². The van der Waals surface area contributed by atoms with Crippen LogP contribution in [0.4, 0.5) is 5.69 Å². The summed E-state index contributed by atoms with van der Waals surface area (Å²) in [5.74, 6) is -1.71. The van der Waals surface area contributed by atoms with Crippen molar-refractivity contribution in [2.45, 2.75) is 61.7 Å². The Morgan fingerprint density at radius 2 is 1.72 bits per heavy atom. The fraction of sp³-hybridized carbons (Fsp3) is 0.410. The molecule has 3 aliphatic heterocycles. The Labute approximate surface area is 282 Å². The zero-order valence-electron chi connectivity index (χ0n) is 27.3. The van der Waals surface area contributed by atoms with E-state index in [1.807, 2.05) is 86.6 Å². The van der Waals surface area contributed by atoms with E-state index in [1.54, 1.807) is 38.6 Å². The Hall–Kier alpha value is -3.88. The van der Waals surface area contributed by atoms with E-state index >= 15 is 4.79 Å². The number of anilines is 1. The molecule has 47 heavy (non-hydrogen) atoms. The van der Waals surface area contributed by atoms with E-state index in [1.165, 1.54) is 0 Å². The average molecular weight is 652 g/mol. The van der Waals surface area contributed by atoms with Crippen molar-refractivity contribution in [3.63, 3.8) is 0 Å². The normalized spacial score (nSPS) is 25.8. The first-order valence-electron chi connectivity index (χ1n) is 16.7. The molecule has 7 atom stereocenters. The van der Waals surface area contributed by atoms with Gasteiger partial charge in [-0.3, -0.25) is 14.4 Å². The van der Waals surface area contributed by atoms with Crippen LogP contribution < -0.4 is 4.90 Å². The molecule has 1 spiro atoms. The Balaban J connectivity index is 1.42. The lowest BCUT2D eigenvalue weighted by Gasteiger charge is -2.41. The van der Waals surface area contributed by atoms with Crippen LogP contribution in [0.1, 0.15) is 38.7 Å². The van der Waals surface area contributed by atoms with Gasteiger partial charge in [0.15, 0.2) is 0 Å². The number of rotatable bonds is 13. The number of amides is 3. The lowest BCUT2D eigenvalue weighted by atomic mass is 9.70. The van der Waals surface area contributed by atoms with E-state index in [0.717, 1.165) is 34.9 Å². The standard InChI is InChI=1S/C39H45N3O4S/c1-5-21-40(24-27-13-9-8-10-14-27)36(44)33-32-19-20-39(47-32)34(33)37(45)42(31(25-43)26(4)7-3)35(39)38(46)41(22-6-2)30-18-17-28-15-11-12-16-29(28)23-30/h5-6,8-18,23,26,31-35,43H,1-2,7,19-22,24-25H2,3-4H3/t26-,31-,32+,33-,34-,35?,39?/m0/s1. The molecule has 3 amide bonds. The number of benzene rings is 3. The zero-order chi connectivity index (χ0) is 33.3. The molecule has 3 saturated heterocycles. The lowest BCUT2D eigenvalue weighted by Crippen LogP contribution is -2.58. The molecule has 246 valence electrons. The van der Waals surface area contributed by atoms with Crippen LogP contribution in [0.25, 0.3) is 10.8 Å². The van der Waals surface area contributed by atoms with Crippen LogP contribution in [-0.2, 0) is 20.9 Å². The lowest BCUT2D eigenvalue weighted by molar-refractivity contribution is -0.146. The maximum Gasteiger partial charge on any atom is 0.251 e. The molecule has 0 saturated carbocycles. The molecule has 3 aliphatic rings. The number of nitrogens with zero attached hydrogens (tertiary/aromatic N) is 3. The highest BCUT2D eigenvalue weighted by atomic mass is 32.2. The SMILES string of the molecule is C=CCN(Cc1ccccc1)C(=O)[C@@H]1[C@H]2C(=O)N([C@@H](CO)[C@@H](C)CC)C(C(=O)N(CC=C)c3ccc4ccccc4c3)C23CC[C@H]1S3. The molecular weight excluding hydrogens is 607 g/mol. The number of thioether (sulfide) groups is 1. The number of fused-ring (bicyclic) bond motifs is 2. The van der Waals surface area contributed by atoms with Gasteiger partial charge in [0.25, 0.3) is 5.91 Å². The van der Waals surface area contributed by atoms with Gasteiger partial charge in [-0.1, -0.05) is 93.1 Å². The van der Waals surface area contributed by atoms with Gasteiger partial charge in [0, 0.05) is 30.6 Å². The summed E-state index contributed by atoms with van der Waals surface area (Å²) in [5, 5.41) is 12.8. The van der Waals surface area contributed by atoms with Crippen molar-refractivity contribution in [2.75, 3.05) is 24.6 Å². The van der Waals surface area contributed by atoms with E-state index in [0.29, 0.717) is 19.5 Å². The number of aliphatic hydroxyl groups excluding tert-OH is 1. The van der Waals surface area contributed by atoms with Crippen LogP contribution in [0.5, 0.6) is 0 Å². The largest absolute Gasteiger partial charge is 0.394 e. The first kappa shape index (κ1) is 33.0. The van der Waals surface area contributed by atoms with Gasteiger partial charge in [-0.25, -0.2) is 0 Å². The summed E-state index contributed by atoms with van der Waals surface area (Å²) in [5.41, 5.74) is 1.74. The van der Waals surface area contributed by atoms with Crippen molar-refractivity contribution < 1.29 is 19.5 Å². The minimum absolute atomic E-state index is 0.0466. The first-order chi connectivity index (χ1) is 22.8. The van der Waals surface area contributed by atoms with Gasteiger partial charge in [0.2, 0.25) is 11.8 Å². The Morgan fingerprint density at radius 3 is 2.40 bits per heavy atom. The number of hydrogen-bond donors (Lipinski definition) is 1. The molecule has 3 aromatic carbocycles. The van der Waals surface area contributed by atoms with Gasteiger partial charge in [-0.15, -0.1) is 24.9 Å². The third kappa shape index (κ3) is 5.69. The van der Waals surface area contributed by atoms with E-state index in [2.05, 4.69) is 13.2 Å². The van der Waals surface area contributed by atoms with Crippen LogP contribution >= 0.6 is 11.8 Å². The van der Waals surface area contributed by atoms with Crippen LogP contribution in [0.3, 0.4) is 0 Å². The summed E-state index contributed by atoms with van der Waals surface area (Å²) in [6.07, 6.45) is 5.59. The second kappa shape index (κ2) is 13.7. The molecule has 7 nitrogen and oxygen atoms in total. The predicted octanol–water partition coefficient (Wildman–Crippen LogP) is 6.07. The summed E-state index contributed by atoms with van der Waals surface area (Å²) in [6, 6.07) is 22.5. The highest BCUT2D eigenvalue weighted by molar-refractivity contribution is 8.02. The van der Waals surface area contributed by atoms with Crippen molar-refractivity contribution in [1.29, 1.82) is 0 Å². The molecule has 0 aliphatic carbocycles. The predicted molar refractivity (Wildman–Crippen MR) is 190 cm³/mol. The third-order valence-electron chi connectivity index (χ3n) is 10.6. The number of carbonyl (C=O) groups excluding carboxylic acids is 3. The van der Waals surface area contributed by atoms with Crippen molar-refractivity contribution >= 4 is 45.9 Å². The molecule has 2 bridgehead atoms. The summed E-state index contributed by atoms with van der Waals surface area (Å²) in [6.45, 7) is 12.7. The maximum atomic E-state index is 15.1. The maximum absolute atomic E-state index is 15.1. The van der Waals surface area contributed by atoms with Gasteiger partial charge in [-0.2, -0.15) is 0 Å². The smallest absolute Gasteiger partial charge is 0.251 e. The second-order valence-electron chi connectivity index (χ2n) is 13.2. The summed E-state index contributed by atoms with van der Waals surface area (Å²) in [7, 11) is 0. The molecule has 0 aromatic heterocycles. The Kier molecular flexibility index (Phi) is 9.62. The highest BCUT2D eigenvalue weighted by Crippen LogP contribution is 2.67. The molecule has 3 aromatic rings. The average Bonchev–Trinajstić information content (AvgIpc) is 3.74. The van der Waals surface area contributed by atoms with Crippen LogP contribution in [0.15, 0.2) is 98.1 Å². The molecule has 0 radical (unpaired) electrons. The second-order valence-corrected chi connectivity index (χ2v) is 14.8. The van der Waals surface area contributed by atoms with Crippen molar-refractivity contribution in [2.24, 2.45) is 17.8 Å². The summed E-state index contributed by atoms with van der Waals surface area (Å²) >= 11 is 1.66. The van der Waals surface area contributed by atoms with E-state index in [4.69, 9.17) is 0 Å². The van der Waals surface area contributed by atoms with Crippen LogP contribution in [-0.4, -0.2) is 74.4 Å². The van der Waals surface area contributed by atoms with E-state index in [-0.39, 0.29) is 42.0 Å². The van der Waals surface area contributed by atoms with Gasteiger partial charge in [-0.05, 0) is 47.2 Å². The molecule has 2 unspecified atom stereocenters. The summed E-state index contributed by atoms with van der Waals surface area (Å²) in [4.78, 5) is 49.8. The minimum Gasteiger partial charge on any atom is -0.394 e. The van der Waals surface area contributed by atoms with Crippen molar-refractivity contribution in [3.05, 3.63) is 104 Å². The molecule has 6 rings (SSSR count). The highest BCUT2D eigenvalue weighted by Gasteiger charge is 2.74. The van der Waals surface area contributed by atoms with Crippen molar-refractivity contribution in [3.8, 4) is 0 Å². The topological polar surface area (TPSA) is 81.2 Å². The number of hydrogen-bond acceptors (Lipinski definition) is 5. The number of likely N-dealkylation sites (tertiary alicyclic amines) is 1. The monoisotopic (exact) mass is 651 g/mol. The van der Waals surface area contributed by atoms with Gasteiger partial charge in [0.1, 0.15) is 6.04 Å². The molecule has 3 heterocycles. The van der Waals surface area contributed by atoms with Crippen molar-refractivity contribution in [1.82, 2.24) is 9.80 Å². The van der Waals surface area contributed by atoms with Crippen LogP contribution in [0.2, 0.25) is 0 Å². The molecule has 8 heteroatoms. The van der Waals surface area contributed by atoms with Gasteiger partial charge in [0.05, 0.1) is 29.2 Å². The Bertz CT molecular complexity index is 1660. The fourth-order valence-corrected chi connectivity index (χ4v) is 10.4. The summed E-state index contributed by atoms with van der Waals surface area (Å²) < 4.78 is -0.775. The minimum atomic E-state index is -0.827. The number of carbonyl (C=O) groups is 3. The third-order valence-corrected chi connectivity index (χ3v) is 12.6. The zero-order valence-corrected chi connectivity index (χ0v) is 28.1. The first-order valence-corrected chi connectivity index (χ1v) is 17.6. The fourth-order valence-electron chi connectivity index (χ4n) is 8.17. The molecule has 1 N–H and O–H groups in total. The molecule has 3 fully saturated rings.